The summed E-state index contributed by atoms with van der Waals surface area (Å²) >= 11 is 0. The number of pyridine rings is 1. The van der Waals surface area contributed by atoms with Gasteiger partial charge in [-0.1, -0.05) is 36.8 Å². The molecule has 1 N–H and O–H groups in total. The summed E-state index contributed by atoms with van der Waals surface area (Å²) in [6.45, 7) is 3.41. The molecule has 5 rings (SSSR count). The second kappa shape index (κ2) is 9.87. The van der Waals surface area contributed by atoms with Crippen molar-refractivity contribution in [2.45, 2.75) is 51.7 Å². The van der Waals surface area contributed by atoms with Crippen molar-refractivity contribution in [2.24, 2.45) is 0 Å². The van der Waals surface area contributed by atoms with E-state index in [9.17, 15) is 0 Å². The second-order valence-electron chi connectivity index (χ2n) is 8.35. The number of nitrogens with one attached hydrogen (secondary N) is 1. The Morgan fingerprint density at radius 3 is 2.78 bits per heavy atom. The first-order valence-corrected chi connectivity index (χ1v) is 11.5. The first-order valence-electron chi connectivity index (χ1n) is 11.5. The van der Waals surface area contributed by atoms with E-state index >= 15 is 0 Å². The third-order valence-electron chi connectivity index (χ3n) is 5.99. The number of aromatic nitrogens is 6. The van der Waals surface area contributed by atoms with Crippen LogP contribution in [0.1, 0.15) is 42.0 Å². The average Bonchev–Trinajstić information content (AvgIpc) is 3.33. The molecule has 0 saturated carbocycles. The van der Waals surface area contributed by atoms with Crippen LogP contribution in [0, 0.1) is 0 Å². The van der Waals surface area contributed by atoms with Gasteiger partial charge in [0.25, 0.3) is 0 Å². The van der Waals surface area contributed by atoms with Crippen LogP contribution in [0.3, 0.4) is 0 Å². The third kappa shape index (κ3) is 4.78. The summed E-state index contributed by atoms with van der Waals surface area (Å²) in [7, 11) is 0. The minimum absolute atomic E-state index is 0.750. The fourth-order valence-corrected chi connectivity index (χ4v) is 4.34. The van der Waals surface area contributed by atoms with Crippen LogP contribution in [0.15, 0.2) is 61.1 Å². The normalized spacial score (nSPS) is 13.6. The second-order valence-corrected chi connectivity index (χ2v) is 8.35. The Morgan fingerprint density at radius 1 is 0.969 bits per heavy atom. The lowest BCUT2D eigenvalue weighted by molar-refractivity contribution is 0.587. The van der Waals surface area contributed by atoms with Crippen LogP contribution in [-0.4, -0.2) is 36.1 Å². The molecule has 0 saturated heterocycles. The number of hydrogen-bond donors (Lipinski definition) is 1. The van der Waals surface area contributed by atoms with Gasteiger partial charge >= 0.3 is 0 Å². The predicted octanol–water partition coefficient (Wildman–Crippen LogP) is 3.64. The number of rotatable bonds is 8. The molecule has 0 spiro atoms. The topological polar surface area (TPSA) is 73.5 Å². The van der Waals surface area contributed by atoms with E-state index in [-0.39, 0.29) is 0 Å². The van der Waals surface area contributed by atoms with Crippen molar-refractivity contribution in [1.29, 1.82) is 0 Å². The molecule has 7 nitrogen and oxygen atoms in total. The Kier molecular flexibility index (Phi) is 6.35. The molecule has 1 aliphatic heterocycles. The van der Waals surface area contributed by atoms with Crippen molar-refractivity contribution in [3.05, 3.63) is 83.8 Å². The third-order valence-corrected chi connectivity index (χ3v) is 5.99. The van der Waals surface area contributed by atoms with Crippen LogP contribution in [0.5, 0.6) is 0 Å². The van der Waals surface area contributed by atoms with Crippen molar-refractivity contribution in [2.75, 3.05) is 6.54 Å². The molecule has 1 aliphatic rings. The molecule has 0 unspecified atom stereocenters. The molecule has 0 atom stereocenters. The number of fused-ring (bicyclic) bond motifs is 1. The Labute approximate surface area is 188 Å². The summed E-state index contributed by atoms with van der Waals surface area (Å²) in [4.78, 5) is 4.29. The largest absolute Gasteiger partial charge is 0.315 e. The van der Waals surface area contributed by atoms with Gasteiger partial charge in [0, 0.05) is 62.2 Å². The molecule has 0 amide bonds. The average molecular weight is 428 g/mol. The van der Waals surface area contributed by atoms with Crippen molar-refractivity contribution < 1.29 is 0 Å². The highest BCUT2D eigenvalue weighted by atomic mass is 15.3. The number of nitrogens with zero attached hydrogens (tertiary/aromatic N) is 6. The lowest BCUT2D eigenvalue weighted by Crippen LogP contribution is -2.19. The first kappa shape index (κ1) is 20.6. The molecule has 7 heteroatoms. The Hall–Kier alpha value is -3.32. The maximum absolute atomic E-state index is 4.88. The lowest BCUT2D eigenvalue weighted by atomic mass is 10.1. The molecule has 0 radical (unpaired) electrons. The van der Waals surface area contributed by atoms with Gasteiger partial charge in [0.05, 0.1) is 12.2 Å². The van der Waals surface area contributed by atoms with Crippen LogP contribution in [0.4, 0.5) is 0 Å². The van der Waals surface area contributed by atoms with E-state index < -0.39 is 0 Å². The summed E-state index contributed by atoms with van der Waals surface area (Å²) < 4.78 is 4.35. The zero-order valence-corrected chi connectivity index (χ0v) is 18.3. The monoisotopic (exact) mass is 427 g/mol. The van der Waals surface area contributed by atoms with Gasteiger partial charge in [-0.25, -0.2) is 0 Å². The lowest BCUT2D eigenvalue weighted by Gasteiger charge is -2.08. The fraction of sp³-hybridized carbons (Fsp3) is 0.360. The summed E-state index contributed by atoms with van der Waals surface area (Å²) in [6, 6.07) is 14.5. The standard InChI is InChI=1S/C25H29N7/c1-3-8-20(9-4-1)18-31-19-22(25(30-31)21-10-7-13-26-16-21)17-27-14-12-24-29-28-23-11-5-2-6-15-32(23)24/h1,3-4,7-10,13,16,19,27H,2,5-6,11-12,14-15,17-18H2. The molecule has 0 aliphatic carbocycles. The Bertz CT molecular complexity index is 1130. The van der Waals surface area contributed by atoms with Crippen LogP contribution in [-0.2, 0) is 32.5 Å². The van der Waals surface area contributed by atoms with E-state index in [0.29, 0.717) is 0 Å². The molecule has 0 bridgehead atoms. The maximum atomic E-state index is 4.88. The molecule has 0 fully saturated rings. The number of benzene rings is 1. The summed E-state index contributed by atoms with van der Waals surface area (Å²) in [5.41, 5.74) is 4.44. The van der Waals surface area contributed by atoms with Gasteiger partial charge in [-0.05, 0) is 30.5 Å². The van der Waals surface area contributed by atoms with Crippen molar-refractivity contribution in [3.8, 4) is 11.3 Å². The van der Waals surface area contributed by atoms with Gasteiger partial charge in [0.2, 0.25) is 0 Å². The Balaban J connectivity index is 1.27. The minimum Gasteiger partial charge on any atom is -0.315 e. The van der Waals surface area contributed by atoms with Gasteiger partial charge in [-0.2, -0.15) is 5.10 Å². The molecular weight excluding hydrogens is 398 g/mol. The van der Waals surface area contributed by atoms with Crippen molar-refractivity contribution in [3.63, 3.8) is 0 Å². The quantitative estimate of drug-likeness (QED) is 0.435. The van der Waals surface area contributed by atoms with E-state index in [4.69, 9.17) is 5.10 Å². The highest BCUT2D eigenvalue weighted by Gasteiger charge is 2.15. The van der Waals surface area contributed by atoms with Gasteiger partial charge in [0.15, 0.2) is 0 Å². The van der Waals surface area contributed by atoms with E-state index in [0.717, 1.165) is 61.9 Å². The van der Waals surface area contributed by atoms with E-state index in [2.05, 4.69) is 61.6 Å². The minimum atomic E-state index is 0.750. The highest BCUT2D eigenvalue weighted by molar-refractivity contribution is 5.61. The highest BCUT2D eigenvalue weighted by Crippen LogP contribution is 2.22. The van der Waals surface area contributed by atoms with E-state index in [1.54, 1.807) is 6.20 Å². The molecule has 3 aromatic heterocycles. The molecule has 164 valence electrons. The van der Waals surface area contributed by atoms with Gasteiger partial charge in [-0.15, -0.1) is 10.2 Å². The molecular formula is C25H29N7. The molecule has 4 heterocycles. The SMILES string of the molecule is c1ccc(Cn2cc(CNCCc3nnc4n3CCCCC4)c(-c3cccnc3)n2)cc1. The van der Waals surface area contributed by atoms with Crippen molar-refractivity contribution >= 4 is 0 Å². The molecule has 4 aromatic rings. The summed E-state index contributed by atoms with van der Waals surface area (Å²) in [5, 5.41) is 17.3. The Morgan fingerprint density at radius 2 is 1.91 bits per heavy atom. The van der Waals surface area contributed by atoms with Gasteiger partial charge < -0.3 is 9.88 Å². The first-order chi connectivity index (χ1) is 15.9. The molecule has 1 aromatic carbocycles. The zero-order valence-electron chi connectivity index (χ0n) is 18.3. The predicted molar refractivity (Wildman–Crippen MR) is 124 cm³/mol. The van der Waals surface area contributed by atoms with Gasteiger partial charge in [0.1, 0.15) is 11.6 Å². The number of hydrogen-bond acceptors (Lipinski definition) is 5. The van der Waals surface area contributed by atoms with Crippen LogP contribution in [0.2, 0.25) is 0 Å². The van der Waals surface area contributed by atoms with Crippen LogP contribution >= 0.6 is 0 Å². The summed E-state index contributed by atoms with van der Waals surface area (Å²) in [5.74, 6) is 2.25. The van der Waals surface area contributed by atoms with Crippen LogP contribution in [0.25, 0.3) is 11.3 Å². The van der Waals surface area contributed by atoms with E-state index in [1.165, 1.54) is 30.4 Å². The maximum Gasteiger partial charge on any atom is 0.134 e. The van der Waals surface area contributed by atoms with Gasteiger partial charge in [-0.3, -0.25) is 9.67 Å². The van der Waals surface area contributed by atoms with Crippen molar-refractivity contribution in [1.82, 2.24) is 34.8 Å². The molecule has 32 heavy (non-hydrogen) atoms. The fourth-order valence-electron chi connectivity index (χ4n) is 4.34. The smallest absolute Gasteiger partial charge is 0.134 e. The van der Waals surface area contributed by atoms with E-state index in [1.807, 2.05) is 23.0 Å². The van der Waals surface area contributed by atoms with Crippen LogP contribution < -0.4 is 5.32 Å². The number of aryl methyl sites for hydroxylation is 1. The zero-order chi connectivity index (χ0) is 21.6. The summed E-state index contributed by atoms with van der Waals surface area (Å²) in [6.07, 6.45) is 11.5.